The molecule has 1 aliphatic rings. The lowest BCUT2D eigenvalue weighted by Gasteiger charge is -2.30. The number of halogens is 1. The van der Waals surface area contributed by atoms with Crippen molar-refractivity contribution in [3.63, 3.8) is 0 Å². The van der Waals surface area contributed by atoms with Crippen LogP contribution in [0.3, 0.4) is 0 Å². The highest BCUT2D eigenvalue weighted by molar-refractivity contribution is 7.89. The quantitative estimate of drug-likeness (QED) is 0.686. The summed E-state index contributed by atoms with van der Waals surface area (Å²) in [6.07, 6.45) is 6.40. The van der Waals surface area contributed by atoms with Gasteiger partial charge >= 0.3 is 0 Å². The van der Waals surface area contributed by atoms with Crippen LogP contribution in [0, 0.1) is 18.2 Å². The van der Waals surface area contributed by atoms with Gasteiger partial charge in [-0.2, -0.15) is 4.31 Å². The minimum atomic E-state index is -3.59. The third-order valence-electron chi connectivity index (χ3n) is 5.37. The van der Waals surface area contributed by atoms with Crippen molar-refractivity contribution in [1.82, 2.24) is 4.31 Å². The standard InChI is InChI=1S/C23H28FNO2S/c1-18-5-13-22(14-6-18)28(26,27)25-16-4-15-23(2,3)17-21(25)12-9-19-7-10-20(24)11-8-19/h5-14,21H,4,15-17H2,1-3H3/b12-9+. The van der Waals surface area contributed by atoms with Crippen LogP contribution in [0.4, 0.5) is 4.39 Å². The van der Waals surface area contributed by atoms with Gasteiger partial charge in [-0.25, -0.2) is 12.8 Å². The SMILES string of the molecule is Cc1ccc(S(=O)(=O)N2CCCC(C)(C)CC2/C=C/c2ccc(F)cc2)cc1. The molecule has 28 heavy (non-hydrogen) atoms. The monoisotopic (exact) mass is 401 g/mol. The van der Waals surface area contributed by atoms with Crippen LogP contribution in [0.25, 0.3) is 6.08 Å². The second kappa shape index (κ2) is 8.18. The fraction of sp³-hybridized carbons (Fsp3) is 0.391. The Balaban J connectivity index is 1.95. The molecule has 0 aromatic heterocycles. The Morgan fingerprint density at radius 2 is 1.71 bits per heavy atom. The molecule has 5 heteroatoms. The van der Waals surface area contributed by atoms with Crippen molar-refractivity contribution < 1.29 is 12.8 Å². The zero-order valence-corrected chi connectivity index (χ0v) is 17.5. The molecule has 0 bridgehead atoms. The summed E-state index contributed by atoms with van der Waals surface area (Å²) in [5.41, 5.74) is 1.94. The second-order valence-corrected chi connectivity index (χ2v) is 10.3. The van der Waals surface area contributed by atoms with Gasteiger partial charge in [0.1, 0.15) is 5.82 Å². The molecule has 0 saturated carbocycles. The van der Waals surface area contributed by atoms with Gasteiger partial charge in [-0.1, -0.05) is 55.8 Å². The summed E-state index contributed by atoms with van der Waals surface area (Å²) in [5.74, 6) is -0.281. The van der Waals surface area contributed by atoms with Crippen molar-refractivity contribution in [1.29, 1.82) is 0 Å². The summed E-state index contributed by atoms with van der Waals surface area (Å²) in [6, 6.07) is 13.0. The first kappa shape index (κ1) is 20.7. The molecule has 3 rings (SSSR count). The first-order chi connectivity index (χ1) is 13.2. The lowest BCUT2D eigenvalue weighted by atomic mass is 9.83. The average Bonchev–Trinajstić information content (AvgIpc) is 2.79. The molecule has 1 saturated heterocycles. The van der Waals surface area contributed by atoms with E-state index < -0.39 is 10.0 Å². The van der Waals surface area contributed by atoms with Crippen LogP contribution in [0.1, 0.15) is 44.2 Å². The summed E-state index contributed by atoms with van der Waals surface area (Å²) < 4.78 is 41.5. The van der Waals surface area contributed by atoms with Gasteiger partial charge in [0.15, 0.2) is 0 Å². The van der Waals surface area contributed by atoms with Gasteiger partial charge in [0.2, 0.25) is 10.0 Å². The largest absolute Gasteiger partial charge is 0.243 e. The Morgan fingerprint density at radius 3 is 2.36 bits per heavy atom. The fourth-order valence-corrected chi connectivity index (χ4v) is 5.38. The highest BCUT2D eigenvalue weighted by atomic mass is 32.2. The summed E-state index contributed by atoms with van der Waals surface area (Å²) in [6.45, 7) is 6.82. The maximum Gasteiger partial charge on any atom is 0.243 e. The average molecular weight is 402 g/mol. The topological polar surface area (TPSA) is 37.4 Å². The molecule has 3 nitrogen and oxygen atoms in total. The first-order valence-electron chi connectivity index (χ1n) is 9.70. The summed E-state index contributed by atoms with van der Waals surface area (Å²) in [4.78, 5) is 0.331. The Morgan fingerprint density at radius 1 is 1.07 bits per heavy atom. The predicted molar refractivity (Wildman–Crippen MR) is 112 cm³/mol. The number of hydrogen-bond donors (Lipinski definition) is 0. The molecular formula is C23H28FNO2S. The van der Waals surface area contributed by atoms with Crippen molar-refractivity contribution in [2.45, 2.75) is 51.0 Å². The minimum Gasteiger partial charge on any atom is -0.207 e. The van der Waals surface area contributed by atoms with Gasteiger partial charge in [-0.15, -0.1) is 0 Å². The van der Waals surface area contributed by atoms with Crippen molar-refractivity contribution in [2.24, 2.45) is 5.41 Å². The summed E-state index contributed by atoms with van der Waals surface area (Å²) in [7, 11) is -3.59. The van der Waals surface area contributed by atoms with Crippen LogP contribution in [-0.4, -0.2) is 25.3 Å². The molecule has 2 aromatic carbocycles. The lowest BCUT2D eigenvalue weighted by Crippen LogP contribution is -2.39. The second-order valence-electron chi connectivity index (χ2n) is 8.38. The molecule has 0 amide bonds. The van der Waals surface area contributed by atoms with E-state index in [0.29, 0.717) is 11.4 Å². The molecular weight excluding hydrogens is 373 g/mol. The zero-order chi connectivity index (χ0) is 20.4. The van der Waals surface area contributed by atoms with Gasteiger partial charge < -0.3 is 0 Å². The normalized spacial score (nSPS) is 20.9. The van der Waals surface area contributed by atoms with Crippen LogP contribution in [0.5, 0.6) is 0 Å². The van der Waals surface area contributed by atoms with E-state index in [1.807, 2.05) is 31.2 Å². The fourth-order valence-electron chi connectivity index (χ4n) is 3.75. The molecule has 0 spiro atoms. The lowest BCUT2D eigenvalue weighted by molar-refractivity contribution is 0.282. The highest BCUT2D eigenvalue weighted by Crippen LogP contribution is 2.36. The maximum absolute atomic E-state index is 13.4. The Hall–Kier alpha value is -1.98. The maximum atomic E-state index is 13.4. The van der Waals surface area contributed by atoms with Crippen LogP contribution >= 0.6 is 0 Å². The van der Waals surface area contributed by atoms with Crippen molar-refractivity contribution in [3.05, 3.63) is 71.6 Å². The number of hydrogen-bond acceptors (Lipinski definition) is 2. The van der Waals surface area contributed by atoms with Crippen molar-refractivity contribution >= 4 is 16.1 Å². The molecule has 1 heterocycles. The smallest absolute Gasteiger partial charge is 0.207 e. The number of nitrogens with zero attached hydrogens (tertiary/aromatic N) is 1. The molecule has 150 valence electrons. The van der Waals surface area contributed by atoms with E-state index in [4.69, 9.17) is 0 Å². The van der Waals surface area contributed by atoms with Gasteiger partial charge in [0, 0.05) is 12.6 Å². The van der Waals surface area contributed by atoms with Gasteiger partial charge in [-0.05, 0) is 61.4 Å². The summed E-state index contributed by atoms with van der Waals surface area (Å²) in [5, 5.41) is 0. The molecule has 1 fully saturated rings. The van der Waals surface area contributed by atoms with Crippen LogP contribution in [0.2, 0.25) is 0 Å². The van der Waals surface area contributed by atoms with E-state index in [1.165, 1.54) is 12.1 Å². The van der Waals surface area contributed by atoms with Crippen LogP contribution in [-0.2, 0) is 10.0 Å². The molecule has 1 atom stereocenters. The zero-order valence-electron chi connectivity index (χ0n) is 16.7. The highest BCUT2D eigenvalue weighted by Gasteiger charge is 2.36. The van der Waals surface area contributed by atoms with Crippen molar-refractivity contribution in [3.8, 4) is 0 Å². The Labute approximate surface area is 167 Å². The number of benzene rings is 2. The van der Waals surface area contributed by atoms with Gasteiger partial charge in [0.25, 0.3) is 0 Å². The molecule has 1 aliphatic heterocycles. The van der Waals surface area contributed by atoms with Crippen molar-refractivity contribution in [2.75, 3.05) is 6.54 Å². The minimum absolute atomic E-state index is 0.0509. The summed E-state index contributed by atoms with van der Waals surface area (Å²) >= 11 is 0. The predicted octanol–water partition coefficient (Wildman–Crippen LogP) is 5.42. The Bertz CT molecular complexity index is 932. The third-order valence-corrected chi connectivity index (χ3v) is 7.31. The molecule has 0 aliphatic carbocycles. The van der Waals surface area contributed by atoms with E-state index in [0.717, 1.165) is 30.4 Å². The molecule has 0 N–H and O–H groups in total. The van der Waals surface area contributed by atoms with E-state index in [-0.39, 0.29) is 17.3 Å². The molecule has 1 unspecified atom stereocenters. The Kier molecular flexibility index (Phi) is 6.06. The number of sulfonamides is 1. The molecule has 0 radical (unpaired) electrons. The third kappa shape index (κ3) is 4.89. The molecule has 2 aromatic rings. The van der Waals surface area contributed by atoms with E-state index in [2.05, 4.69) is 13.8 Å². The van der Waals surface area contributed by atoms with Gasteiger partial charge in [-0.3, -0.25) is 0 Å². The first-order valence-corrected chi connectivity index (χ1v) is 11.1. The number of rotatable bonds is 4. The van der Waals surface area contributed by atoms with E-state index in [9.17, 15) is 12.8 Å². The van der Waals surface area contributed by atoms with E-state index in [1.54, 1.807) is 28.6 Å². The van der Waals surface area contributed by atoms with E-state index >= 15 is 0 Å². The van der Waals surface area contributed by atoms with Crippen LogP contribution in [0.15, 0.2) is 59.5 Å². The van der Waals surface area contributed by atoms with Gasteiger partial charge in [0.05, 0.1) is 4.90 Å². The van der Waals surface area contributed by atoms with Crippen LogP contribution < -0.4 is 0 Å². The number of aryl methyl sites for hydroxylation is 1.